The molecular weight excluding hydrogens is 300 g/mol. The van der Waals surface area contributed by atoms with Crippen molar-refractivity contribution in [1.82, 2.24) is 9.80 Å². The highest BCUT2D eigenvalue weighted by molar-refractivity contribution is 6.30. The van der Waals surface area contributed by atoms with Gasteiger partial charge in [-0.25, -0.2) is 0 Å². The van der Waals surface area contributed by atoms with Crippen LogP contribution in [0.1, 0.15) is 31.2 Å². The van der Waals surface area contributed by atoms with E-state index in [9.17, 15) is 9.59 Å². The summed E-state index contributed by atoms with van der Waals surface area (Å²) < 4.78 is 0. The summed E-state index contributed by atoms with van der Waals surface area (Å²) in [5, 5.41) is 0.703. The second-order valence-corrected chi connectivity index (χ2v) is 6.77. The first kappa shape index (κ1) is 15.3. The standard InChI is InChI=1S/C17H21ClN2O2/c1-19-9-8-13(10-16(19)21)17(22)20(15-6-7-15)11-12-2-4-14(18)5-3-12/h2-5,13,15H,6-11H2,1H3. The number of halogens is 1. The molecule has 1 aliphatic heterocycles. The smallest absolute Gasteiger partial charge is 0.226 e. The van der Waals surface area contributed by atoms with Gasteiger partial charge in [-0.2, -0.15) is 0 Å². The lowest BCUT2D eigenvalue weighted by molar-refractivity contribution is -0.145. The maximum atomic E-state index is 12.8. The fraction of sp³-hybridized carbons (Fsp3) is 0.529. The van der Waals surface area contributed by atoms with Crippen LogP contribution in [-0.4, -0.2) is 41.2 Å². The Balaban J connectivity index is 1.69. The SMILES string of the molecule is CN1CCC(C(=O)N(Cc2ccc(Cl)cc2)C2CC2)CC1=O. The Morgan fingerprint density at radius 2 is 1.95 bits per heavy atom. The van der Waals surface area contributed by atoms with Crippen LogP contribution in [0.3, 0.4) is 0 Å². The van der Waals surface area contributed by atoms with Crippen molar-refractivity contribution in [1.29, 1.82) is 0 Å². The summed E-state index contributed by atoms with van der Waals surface area (Å²) in [6.45, 7) is 1.29. The molecule has 2 amide bonds. The lowest BCUT2D eigenvalue weighted by atomic mass is 9.94. The van der Waals surface area contributed by atoms with Crippen LogP contribution < -0.4 is 0 Å². The van der Waals surface area contributed by atoms with E-state index in [4.69, 9.17) is 11.6 Å². The number of piperidine rings is 1. The Morgan fingerprint density at radius 3 is 2.55 bits per heavy atom. The summed E-state index contributed by atoms with van der Waals surface area (Å²) in [4.78, 5) is 28.4. The van der Waals surface area contributed by atoms with Crippen molar-refractivity contribution in [3.05, 3.63) is 34.9 Å². The molecule has 4 nitrogen and oxygen atoms in total. The van der Waals surface area contributed by atoms with E-state index in [0.717, 1.165) is 24.8 Å². The van der Waals surface area contributed by atoms with Crippen LogP contribution in [0.15, 0.2) is 24.3 Å². The molecule has 0 radical (unpaired) electrons. The van der Waals surface area contributed by atoms with Crippen molar-refractivity contribution < 1.29 is 9.59 Å². The molecule has 1 saturated heterocycles. The number of hydrogen-bond donors (Lipinski definition) is 0. The largest absolute Gasteiger partial charge is 0.346 e. The maximum absolute atomic E-state index is 12.8. The van der Waals surface area contributed by atoms with E-state index in [1.54, 1.807) is 11.9 Å². The van der Waals surface area contributed by atoms with Gasteiger partial charge in [-0.3, -0.25) is 9.59 Å². The second kappa shape index (κ2) is 6.29. The molecule has 0 N–H and O–H groups in total. The molecule has 0 aromatic heterocycles. The lowest BCUT2D eigenvalue weighted by Gasteiger charge is -2.32. The predicted molar refractivity (Wildman–Crippen MR) is 85.4 cm³/mol. The molecule has 2 aliphatic rings. The molecule has 0 spiro atoms. The van der Waals surface area contributed by atoms with Gasteiger partial charge in [-0.1, -0.05) is 23.7 Å². The first-order chi connectivity index (χ1) is 10.5. The number of carbonyl (C=O) groups is 2. The fourth-order valence-corrected chi connectivity index (χ4v) is 3.07. The van der Waals surface area contributed by atoms with Crippen molar-refractivity contribution in [2.24, 2.45) is 5.92 Å². The van der Waals surface area contributed by atoms with Gasteiger partial charge < -0.3 is 9.80 Å². The highest BCUT2D eigenvalue weighted by atomic mass is 35.5. The summed E-state index contributed by atoms with van der Waals surface area (Å²) in [6, 6.07) is 7.98. The Kier molecular flexibility index (Phi) is 4.39. The highest BCUT2D eigenvalue weighted by Crippen LogP contribution is 2.32. The maximum Gasteiger partial charge on any atom is 0.226 e. The lowest BCUT2D eigenvalue weighted by Crippen LogP contribution is -2.44. The van der Waals surface area contributed by atoms with Crippen LogP contribution in [0.4, 0.5) is 0 Å². The van der Waals surface area contributed by atoms with Crippen molar-refractivity contribution in [3.8, 4) is 0 Å². The van der Waals surface area contributed by atoms with Crippen LogP contribution in [-0.2, 0) is 16.1 Å². The molecule has 5 heteroatoms. The Bertz CT molecular complexity index is 569. The van der Waals surface area contributed by atoms with Gasteiger partial charge in [-0.05, 0) is 37.0 Å². The number of carbonyl (C=O) groups excluding carboxylic acids is 2. The van der Waals surface area contributed by atoms with Crippen molar-refractivity contribution in [2.75, 3.05) is 13.6 Å². The molecular formula is C17H21ClN2O2. The van der Waals surface area contributed by atoms with Gasteiger partial charge in [-0.15, -0.1) is 0 Å². The topological polar surface area (TPSA) is 40.6 Å². The van der Waals surface area contributed by atoms with Crippen LogP contribution >= 0.6 is 11.6 Å². The zero-order valence-electron chi connectivity index (χ0n) is 12.8. The van der Waals surface area contributed by atoms with Crippen LogP contribution in [0.2, 0.25) is 5.02 Å². The highest BCUT2D eigenvalue weighted by Gasteiger charge is 2.38. The molecule has 1 aliphatic carbocycles. The third-order valence-corrected chi connectivity index (χ3v) is 4.80. The van der Waals surface area contributed by atoms with E-state index < -0.39 is 0 Å². The Morgan fingerprint density at radius 1 is 1.27 bits per heavy atom. The summed E-state index contributed by atoms with van der Waals surface area (Å²) in [5.41, 5.74) is 1.09. The van der Waals surface area contributed by atoms with Gasteiger partial charge in [0.1, 0.15) is 0 Å². The van der Waals surface area contributed by atoms with Gasteiger partial charge in [0.05, 0.1) is 0 Å². The summed E-state index contributed by atoms with van der Waals surface area (Å²) in [6.07, 6.45) is 3.25. The number of rotatable bonds is 4. The Hall–Kier alpha value is -1.55. The van der Waals surface area contributed by atoms with Crippen LogP contribution in [0, 0.1) is 5.92 Å². The molecule has 118 valence electrons. The Labute approximate surface area is 136 Å². The minimum Gasteiger partial charge on any atom is -0.346 e. The first-order valence-corrected chi connectivity index (χ1v) is 8.21. The molecule has 3 rings (SSSR count). The average Bonchev–Trinajstić information content (AvgIpc) is 3.33. The molecule has 1 unspecified atom stereocenters. The van der Waals surface area contributed by atoms with E-state index in [2.05, 4.69) is 0 Å². The number of hydrogen-bond acceptors (Lipinski definition) is 2. The molecule has 1 atom stereocenters. The van der Waals surface area contributed by atoms with Gasteiger partial charge in [0, 0.05) is 43.5 Å². The third-order valence-electron chi connectivity index (χ3n) is 4.55. The van der Waals surface area contributed by atoms with E-state index in [-0.39, 0.29) is 17.7 Å². The van der Waals surface area contributed by atoms with Gasteiger partial charge in [0.2, 0.25) is 11.8 Å². The minimum atomic E-state index is -0.156. The average molecular weight is 321 g/mol. The molecule has 0 bridgehead atoms. The molecule has 1 saturated carbocycles. The van der Waals surface area contributed by atoms with Crippen LogP contribution in [0.5, 0.6) is 0 Å². The van der Waals surface area contributed by atoms with Gasteiger partial charge >= 0.3 is 0 Å². The number of benzene rings is 1. The van der Waals surface area contributed by atoms with Crippen LogP contribution in [0.25, 0.3) is 0 Å². The molecule has 2 fully saturated rings. The number of amides is 2. The molecule has 22 heavy (non-hydrogen) atoms. The van der Waals surface area contributed by atoms with E-state index in [1.165, 1.54) is 0 Å². The third kappa shape index (κ3) is 3.43. The molecule has 1 aromatic rings. The number of likely N-dealkylation sites (tertiary alicyclic amines) is 1. The summed E-state index contributed by atoms with van der Waals surface area (Å²) in [7, 11) is 1.80. The zero-order valence-corrected chi connectivity index (χ0v) is 13.6. The predicted octanol–water partition coefficient (Wildman–Crippen LogP) is 2.70. The molecule has 1 aromatic carbocycles. The van der Waals surface area contributed by atoms with Crippen molar-refractivity contribution >= 4 is 23.4 Å². The van der Waals surface area contributed by atoms with E-state index in [0.29, 0.717) is 30.6 Å². The van der Waals surface area contributed by atoms with E-state index in [1.807, 2.05) is 29.2 Å². The molecule has 1 heterocycles. The zero-order chi connectivity index (χ0) is 15.7. The monoisotopic (exact) mass is 320 g/mol. The van der Waals surface area contributed by atoms with Crippen molar-refractivity contribution in [2.45, 2.75) is 38.3 Å². The van der Waals surface area contributed by atoms with E-state index >= 15 is 0 Å². The van der Waals surface area contributed by atoms with Gasteiger partial charge in [0.15, 0.2) is 0 Å². The minimum absolute atomic E-state index is 0.0758. The summed E-state index contributed by atoms with van der Waals surface area (Å²) in [5.74, 6) is 0.0577. The normalized spacial score (nSPS) is 21.8. The van der Waals surface area contributed by atoms with Crippen molar-refractivity contribution in [3.63, 3.8) is 0 Å². The second-order valence-electron chi connectivity index (χ2n) is 6.33. The quantitative estimate of drug-likeness (QED) is 0.856. The summed E-state index contributed by atoms with van der Waals surface area (Å²) >= 11 is 5.91. The first-order valence-electron chi connectivity index (χ1n) is 7.83. The number of nitrogens with zero attached hydrogens (tertiary/aromatic N) is 2. The van der Waals surface area contributed by atoms with Gasteiger partial charge in [0.25, 0.3) is 0 Å². The fourth-order valence-electron chi connectivity index (χ4n) is 2.95.